The SMILES string of the molecule is C[C@H]1[C@H](C(O)C(O)CO)OC(C(=O)O)=C[C@@H]1n1cc2cc(F)ccc2n1. The zero-order chi connectivity index (χ0) is 19.0. The van der Waals surface area contributed by atoms with E-state index in [4.69, 9.17) is 9.84 Å². The molecule has 0 saturated heterocycles. The number of aliphatic hydroxyl groups excluding tert-OH is 3. The number of allylic oxidation sites excluding steroid dienone is 1. The Morgan fingerprint density at radius 2 is 2.15 bits per heavy atom. The van der Waals surface area contributed by atoms with Crippen LogP contribution in [0, 0.1) is 11.7 Å². The van der Waals surface area contributed by atoms with Crippen molar-refractivity contribution in [2.24, 2.45) is 5.92 Å². The van der Waals surface area contributed by atoms with Crippen LogP contribution in [0.2, 0.25) is 0 Å². The van der Waals surface area contributed by atoms with Crippen LogP contribution < -0.4 is 0 Å². The van der Waals surface area contributed by atoms with E-state index in [-0.39, 0.29) is 0 Å². The third-order valence-corrected chi connectivity index (χ3v) is 4.56. The van der Waals surface area contributed by atoms with Crippen molar-refractivity contribution < 1.29 is 34.3 Å². The van der Waals surface area contributed by atoms with Gasteiger partial charge in [0, 0.05) is 17.5 Å². The lowest BCUT2D eigenvalue weighted by Crippen LogP contribution is -2.48. The first kappa shape index (κ1) is 18.3. The van der Waals surface area contributed by atoms with E-state index in [9.17, 15) is 24.5 Å². The normalized spacial score (nSPS) is 25.4. The van der Waals surface area contributed by atoms with Gasteiger partial charge in [-0.05, 0) is 24.3 Å². The Kier molecular flexibility index (Phi) is 4.94. The van der Waals surface area contributed by atoms with Gasteiger partial charge in [-0.25, -0.2) is 9.18 Å². The van der Waals surface area contributed by atoms with E-state index in [1.807, 2.05) is 0 Å². The number of aliphatic carboxylic acids is 1. The van der Waals surface area contributed by atoms with E-state index < -0.39 is 54.4 Å². The van der Waals surface area contributed by atoms with Crippen LogP contribution in [0.5, 0.6) is 0 Å². The monoisotopic (exact) mass is 366 g/mol. The van der Waals surface area contributed by atoms with E-state index in [2.05, 4.69) is 5.10 Å². The summed E-state index contributed by atoms with van der Waals surface area (Å²) >= 11 is 0. The van der Waals surface area contributed by atoms with E-state index in [1.54, 1.807) is 13.1 Å². The number of ether oxygens (including phenoxy) is 1. The zero-order valence-electron chi connectivity index (χ0n) is 13.9. The summed E-state index contributed by atoms with van der Waals surface area (Å²) in [6.07, 6.45) is -1.14. The molecule has 1 aromatic heterocycles. The van der Waals surface area contributed by atoms with Crippen LogP contribution in [-0.4, -0.2) is 61.1 Å². The molecule has 0 amide bonds. The molecule has 4 N–H and O–H groups in total. The van der Waals surface area contributed by atoms with Crippen molar-refractivity contribution >= 4 is 16.9 Å². The number of carbonyl (C=O) groups is 1. The Morgan fingerprint density at radius 3 is 2.81 bits per heavy atom. The summed E-state index contributed by atoms with van der Waals surface area (Å²) in [5.74, 6) is -2.64. The number of rotatable bonds is 5. The summed E-state index contributed by atoms with van der Waals surface area (Å²) in [6.45, 7) is 1.00. The van der Waals surface area contributed by atoms with E-state index in [1.165, 1.54) is 29.0 Å². The second kappa shape index (κ2) is 7.02. The van der Waals surface area contributed by atoms with Gasteiger partial charge in [-0.1, -0.05) is 6.92 Å². The Morgan fingerprint density at radius 1 is 1.42 bits per heavy atom. The van der Waals surface area contributed by atoms with Gasteiger partial charge in [-0.3, -0.25) is 4.68 Å². The quantitative estimate of drug-likeness (QED) is 0.605. The molecule has 140 valence electrons. The number of carboxylic acids is 1. The van der Waals surface area contributed by atoms with E-state index in [0.29, 0.717) is 10.9 Å². The maximum absolute atomic E-state index is 13.4. The molecule has 0 aliphatic carbocycles. The zero-order valence-corrected chi connectivity index (χ0v) is 13.9. The fourth-order valence-electron chi connectivity index (χ4n) is 3.11. The number of aromatic nitrogens is 2. The van der Waals surface area contributed by atoms with Gasteiger partial charge in [-0.2, -0.15) is 5.10 Å². The van der Waals surface area contributed by atoms with Crippen molar-refractivity contribution in [2.75, 3.05) is 6.61 Å². The predicted octanol–water partition coefficient (Wildman–Crippen LogP) is 0.434. The number of nitrogens with zero attached hydrogens (tertiary/aromatic N) is 2. The standard InChI is InChI=1S/C17H19FN2O6/c1-8-12(20-6-9-4-10(18)2-3-11(9)19-20)5-14(17(24)25)26-16(8)15(23)13(22)7-21/h2-6,8,12-13,15-16,21-23H,7H2,1H3,(H,24,25)/t8-,12+,13?,15?,16-/m1/s1. The number of aliphatic hydroxyl groups is 3. The molecule has 1 aliphatic rings. The number of carboxylic acid groups (broad SMARTS) is 1. The molecule has 5 atom stereocenters. The highest BCUT2D eigenvalue weighted by Crippen LogP contribution is 2.35. The number of fused-ring (bicyclic) bond motifs is 1. The largest absolute Gasteiger partial charge is 0.480 e. The molecule has 1 aliphatic heterocycles. The molecular formula is C17H19FN2O6. The smallest absolute Gasteiger partial charge is 0.370 e. The molecule has 0 bridgehead atoms. The van der Waals surface area contributed by atoms with Crippen LogP contribution in [0.3, 0.4) is 0 Å². The lowest BCUT2D eigenvalue weighted by Gasteiger charge is -2.38. The predicted molar refractivity (Wildman–Crippen MR) is 87.6 cm³/mol. The minimum atomic E-state index is -1.50. The Balaban J connectivity index is 2.01. The molecule has 0 saturated carbocycles. The third-order valence-electron chi connectivity index (χ3n) is 4.56. The summed E-state index contributed by atoms with van der Waals surface area (Å²) < 4.78 is 20.2. The van der Waals surface area contributed by atoms with Gasteiger partial charge in [-0.15, -0.1) is 0 Å². The minimum Gasteiger partial charge on any atom is -0.480 e. The van der Waals surface area contributed by atoms with Crippen LogP contribution in [0.25, 0.3) is 10.9 Å². The first-order valence-electron chi connectivity index (χ1n) is 8.05. The molecule has 0 fully saturated rings. The first-order chi connectivity index (χ1) is 12.3. The van der Waals surface area contributed by atoms with Crippen LogP contribution in [-0.2, 0) is 9.53 Å². The van der Waals surface area contributed by atoms with Gasteiger partial charge >= 0.3 is 5.97 Å². The van der Waals surface area contributed by atoms with Crippen molar-refractivity contribution in [2.45, 2.75) is 31.3 Å². The highest BCUT2D eigenvalue weighted by Gasteiger charge is 2.41. The van der Waals surface area contributed by atoms with Crippen molar-refractivity contribution in [1.82, 2.24) is 9.78 Å². The van der Waals surface area contributed by atoms with Crippen molar-refractivity contribution in [1.29, 1.82) is 0 Å². The van der Waals surface area contributed by atoms with Gasteiger partial charge < -0.3 is 25.2 Å². The van der Waals surface area contributed by atoms with Crippen LogP contribution >= 0.6 is 0 Å². The number of hydrogen-bond donors (Lipinski definition) is 4. The molecular weight excluding hydrogens is 347 g/mol. The first-order valence-corrected chi connectivity index (χ1v) is 8.05. The van der Waals surface area contributed by atoms with Gasteiger partial charge in [0.2, 0.25) is 5.76 Å². The second-order valence-electron chi connectivity index (χ2n) is 6.32. The average molecular weight is 366 g/mol. The van der Waals surface area contributed by atoms with Crippen LogP contribution in [0.1, 0.15) is 13.0 Å². The molecule has 8 nitrogen and oxygen atoms in total. The third kappa shape index (κ3) is 3.28. The molecule has 1 aromatic carbocycles. The van der Waals surface area contributed by atoms with Crippen LogP contribution in [0.15, 0.2) is 36.2 Å². The molecule has 2 heterocycles. The van der Waals surface area contributed by atoms with E-state index in [0.717, 1.165) is 0 Å². The molecule has 0 spiro atoms. The fraction of sp³-hybridized carbons (Fsp3) is 0.412. The molecule has 9 heteroatoms. The lowest BCUT2D eigenvalue weighted by atomic mass is 9.87. The molecule has 2 aromatic rings. The molecule has 0 radical (unpaired) electrons. The van der Waals surface area contributed by atoms with Crippen molar-refractivity contribution in [3.63, 3.8) is 0 Å². The Bertz CT molecular complexity index is 851. The highest BCUT2D eigenvalue weighted by molar-refractivity contribution is 5.84. The Hall–Kier alpha value is -2.49. The summed E-state index contributed by atoms with van der Waals surface area (Å²) in [4.78, 5) is 11.4. The minimum absolute atomic E-state index is 0.395. The molecule has 26 heavy (non-hydrogen) atoms. The number of halogens is 1. The summed E-state index contributed by atoms with van der Waals surface area (Å²) in [7, 11) is 0. The molecule has 3 rings (SSSR count). The van der Waals surface area contributed by atoms with Gasteiger partial charge in [0.1, 0.15) is 24.1 Å². The van der Waals surface area contributed by atoms with Crippen molar-refractivity contribution in [3.05, 3.63) is 42.0 Å². The number of benzene rings is 1. The van der Waals surface area contributed by atoms with E-state index >= 15 is 0 Å². The van der Waals surface area contributed by atoms with Crippen molar-refractivity contribution in [3.8, 4) is 0 Å². The maximum atomic E-state index is 13.4. The molecule has 2 unspecified atom stereocenters. The van der Waals surface area contributed by atoms with Crippen LogP contribution in [0.4, 0.5) is 4.39 Å². The number of hydrogen-bond acceptors (Lipinski definition) is 6. The van der Waals surface area contributed by atoms with Gasteiger partial charge in [0.15, 0.2) is 0 Å². The topological polar surface area (TPSA) is 125 Å². The Labute approximate surface area is 147 Å². The van der Waals surface area contributed by atoms with Gasteiger partial charge in [0.05, 0.1) is 18.2 Å². The highest BCUT2D eigenvalue weighted by atomic mass is 19.1. The second-order valence-corrected chi connectivity index (χ2v) is 6.32. The average Bonchev–Trinajstić information content (AvgIpc) is 3.03. The summed E-state index contributed by atoms with van der Waals surface area (Å²) in [5, 5.41) is 43.2. The fourth-order valence-corrected chi connectivity index (χ4v) is 3.11. The van der Waals surface area contributed by atoms with Gasteiger partial charge in [0.25, 0.3) is 0 Å². The maximum Gasteiger partial charge on any atom is 0.370 e. The summed E-state index contributed by atoms with van der Waals surface area (Å²) in [5.41, 5.74) is 0.530. The summed E-state index contributed by atoms with van der Waals surface area (Å²) in [6, 6.07) is 3.48. The lowest BCUT2D eigenvalue weighted by molar-refractivity contribution is -0.148.